The Balaban J connectivity index is 1.55. The molecule has 1 heterocycles. The van der Waals surface area contributed by atoms with Gasteiger partial charge in [-0.15, -0.1) is 0 Å². The van der Waals surface area contributed by atoms with Crippen LogP contribution in [0.4, 0.5) is 0 Å². The Morgan fingerprint density at radius 1 is 0.929 bits per heavy atom. The molecule has 1 fully saturated rings. The Hall–Kier alpha value is -3.09. The molecule has 0 bridgehead atoms. The Bertz CT molecular complexity index is 1050. The van der Waals surface area contributed by atoms with Gasteiger partial charge in [0.05, 0.1) is 17.6 Å². The maximum Gasteiger partial charge on any atom is 0.135 e. The largest absolute Gasteiger partial charge is 0.484 e. The maximum absolute atomic E-state index is 9.25. The number of nitrogens with zero attached hydrogens (tertiary/aromatic N) is 1. The lowest BCUT2D eigenvalue weighted by Gasteiger charge is -2.38. The molecule has 2 aliphatic rings. The van der Waals surface area contributed by atoms with Gasteiger partial charge in [0.25, 0.3) is 0 Å². The topological polar surface area (TPSA) is 59.0 Å². The van der Waals surface area contributed by atoms with Crippen molar-refractivity contribution in [3.8, 4) is 11.8 Å². The standard InChI is InChI=1S/C25H22N2O/c26-16-17-7-12-21-22(15-17)28-24(23(21)18-5-2-1-3-6-18)19-8-10-20(11-9-19)25(27)13-4-14-25/h1-3,5-12,15,23-24H,4,13-14,27H2. The van der Waals surface area contributed by atoms with Gasteiger partial charge in [-0.25, -0.2) is 0 Å². The van der Waals surface area contributed by atoms with Crippen molar-refractivity contribution >= 4 is 0 Å². The molecule has 2 unspecified atom stereocenters. The zero-order valence-corrected chi connectivity index (χ0v) is 15.6. The van der Waals surface area contributed by atoms with Crippen LogP contribution in [0.3, 0.4) is 0 Å². The summed E-state index contributed by atoms with van der Waals surface area (Å²) in [5.74, 6) is 0.904. The fraction of sp³-hybridized carbons (Fsp3) is 0.240. The zero-order valence-electron chi connectivity index (χ0n) is 15.6. The average Bonchev–Trinajstić information content (AvgIpc) is 3.11. The van der Waals surface area contributed by atoms with Gasteiger partial charge in [-0.1, -0.05) is 60.7 Å². The van der Waals surface area contributed by atoms with E-state index in [0.717, 1.165) is 29.7 Å². The summed E-state index contributed by atoms with van der Waals surface area (Å²) in [5, 5.41) is 9.25. The minimum Gasteiger partial charge on any atom is -0.484 e. The Kier molecular flexibility index (Phi) is 3.96. The van der Waals surface area contributed by atoms with Crippen molar-refractivity contribution in [1.29, 1.82) is 5.26 Å². The van der Waals surface area contributed by atoms with Crippen LogP contribution in [0.1, 0.15) is 59.1 Å². The van der Waals surface area contributed by atoms with Crippen LogP contribution in [0.25, 0.3) is 0 Å². The number of nitrogens with two attached hydrogens (primary N) is 1. The first kappa shape index (κ1) is 17.0. The molecule has 1 aliphatic heterocycles. The molecule has 1 aliphatic carbocycles. The third kappa shape index (κ3) is 2.69. The third-order valence-corrected chi connectivity index (χ3v) is 6.25. The van der Waals surface area contributed by atoms with E-state index in [0.29, 0.717) is 5.56 Å². The SMILES string of the molecule is N#Cc1ccc2c(c1)OC(c1ccc(C3(N)CCC3)cc1)C2c1ccccc1. The highest BCUT2D eigenvalue weighted by Crippen LogP contribution is 2.50. The molecular weight excluding hydrogens is 344 g/mol. The summed E-state index contributed by atoms with van der Waals surface area (Å²) in [5.41, 5.74) is 11.6. The highest BCUT2D eigenvalue weighted by molar-refractivity contribution is 5.52. The summed E-state index contributed by atoms with van der Waals surface area (Å²) in [6, 6.07) is 27.0. The molecule has 0 spiro atoms. The van der Waals surface area contributed by atoms with Crippen molar-refractivity contribution in [1.82, 2.24) is 0 Å². The fourth-order valence-electron chi connectivity index (χ4n) is 4.46. The second-order valence-electron chi connectivity index (χ2n) is 7.92. The van der Waals surface area contributed by atoms with Crippen LogP contribution in [0, 0.1) is 11.3 Å². The normalized spacial score (nSPS) is 21.9. The molecular formula is C25H22N2O. The van der Waals surface area contributed by atoms with Crippen molar-refractivity contribution in [2.24, 2.45) is 5.73 Å². The fourth-order valence-corrected chi connectivity index (χ4v) is 4.46. The first-order chi connectivity index (χ1) is 13.7. The van der Waals surface area contributed by atoms with Gasteiger partial charge in [-0.2, -0.15) is 5.26 Å². The molecule has 0 radical (unpaired) electrons. The van der Waals surface area contributed by atoms with Gasteiger partial charge in [0.15, 0.2) is 0 Å². The molecule has 3 aromatic rings. The van der Waals surface area contributed by atoms with Crippen LogP contribution < -0.4 is 10.5 Å². The summed E-state index contributed by atoms with van der Waals surface area (Å²) in [6.45, 7) is 0. The molecule has 0 amide bonds. The molecule has 3 heteroatoms. The van der Waals surface area contributed by atoms with Crippen LogP contribution >= 0.6 is 0 Å². The zero-order chi connectivity index (χ0) is 19.1. The summed E-state index contributed by atoms with van der Waals surface area (Å²) in [4.78, 5) is 0. The lowest BCUT2D eigenvalue weighted by molar-refractivity contribution is 0.222. The Morgan fingerprint density at radius 3 is 2.32 bits per heavy atom. The van der Waals surface area contributed by atoms with Crippen molar-refractivity contribution in [3.63, 3.8) is 0 Å². The second-order valence-corrected chi connectivity index (χ2v) is 7.92. The number of ether oxygens (including phenoxy) is 1. The van der Waals surface area contributed by atoms with Crippen molar-refractivity contribution < 1.29 is 4.74 Å². The summed E-state index contributed by atoms with van der Waals surface area (Å²) in [7, 11) is 0. The van der Waals surface area contributed by atoms with Gasteiger partial charge in [0.2, 0.25) is 0 Å². The van der Waals surface area contributed by atoms with Gasteiger partial charge >= 0.3 is 0 Å². The predicted molar refractivity (Wildman–Crippen MR) is 109 cm³/mol. The number of fused-ring (bicyclic) bond motifs is 1. The van der Waals surface area contributed by atoms with Crippen LogP contribution in [-0.4, -0.2) is 0 Å². The molecule has 0 aromatic heterocycles. The maximum atomic E-state index is 9.25. The Morgan fingerprint density at radius 2 is 1.68 bits per heavy atom. The van der Waals surface area contributed by atoms with Crippen LogP contribution in [-0.2, 0) is 5.54 Å². The second kappa shape index (κ2) is 6.51. The summed E-state index contributed by atoms with van der Waals surface area (Å²) >= 11 is 0. The monoisotopic (exact) mass is 366 g/mol. The van der Waals surface area contributed by atoms with E-state index < -0.39 is 0 Å². The van der Waals surface area contributed by atoms with Crippen LogP contribution in [0.5, 0.6) is 5.75 Å². The van der Waals surface area contributed by atoms with E-state index in [1.807, 2.05) is 24.3 Å². The van der Waals surface area contributed by atoms with E-state index in [-0.39, 0.29) is 17.6 Å². The lowest BCUT2D eigenvalue weighted by atomic mass is 9.72. The smallest absolute Gasteiger partial charge is 0.135 e. The Labute approximate surface area is 165 Å². The quantitative estimate of drug-likeness (QED) is 0.696. The minimum atomic E-state index is -0.154. The molecule has 1 saturated carbocycles. The van der Waals surface area contributed by atoms with Crippen LogP contribution in [0.2, 0.25) is 0 Å². The van der Waals surface area contributed by atoms with Crippen LogP contribution in [0.15, 0.2) is 72.8 Å². The number of benzene rings is 3. The van der Waals surface area contributed by atoms with E-state index in [2.05, 4.69) is 54.6 Å². The predicted octanol–water partition coefficient (Wildman–Crippen LogP) is 5.16. The molecule has 3 aromatic carbocycles. The van der Waals surface area contributed by atoms with E-state index in [9.17, 15) is 5.26 Å². The van der Waals surface area contributed by atoms with Gasteiger partial charge in [-0.05, 0) is 48.1 Å². The van der Waals surface area contributed by atoms with Crippen molar-refractivity contribution in [3.05, 3.63) is 101 Å². The van der Waals surface area contributed by atoms with E-state index >= 15 is 0 Å². The highest BCUT2D eigenvalue weighted by Gasteiger charge is 2.38. The molecule has 2 N–H and O–H groups in total. The van der Waals surface area contributed by atoms with Crippen molar-refractivity contribution in [2.45, 2.75) is 36.8 Å². The van der Waals surface area contributed by atoms with Gasteiger partial charge < -0.3 is 10.5 Å². The number of hydrogen-bond donors (Lipinski definition) is 1. The minimum absolute atomic E-state index is 0.102. The molecule has 138 valence electrons. The molecule has 28 heavy (non-hydrogen) atoms. The van der Waals surface area contributed by atoms with Gasteiger partial charge in [0.1, 0.15) is 11.9 Å². The van der Waals surface area contributed by atoms with Crippen molar-refractivity contribution in [2.75, 3.05) is 0 Å². The van der Waals surface area contributed by atoms with Gasteiger partial charge in [0, 0.05) is 11.1 Å². The molecule has 5 rings (SSSR count). The molecule has 0 saturated heterocycles. The third-order valence-electron chi connectivity index (χ3n) is 6.25. The first-order valence-electron chi connectivity index (χ1n) is 9.83. The molecule has 2 atom stereocenters. The summed E-state index contributed by atoms with van der Waals surface area (Å²) < 4.78 is 6.39. The number of rotatable bonds is 3. The molecule has 3 nitrogen and oxygen atoms in total. The van der Waals surface area contributed by atoms with E-state index in [4.69, 9.17) is 10.5 Å². The summed E-state index contributed by atoms with van der Waals surface area (Å²) in [6.07, 6.45) is 3.20. The lowest BCUT2D eigenvalue weighted by Crippen LogP contribution is -2.43. The highest BCUT2D eigenvalue weighted by atomic mass is 16.5. The number of nitriles is 1. The van der Waals surface area contributed by atoms with E-state index in [1.54, 1.807) is 0 Å². The number of hydrogen-bond acceptors (Lipinski definition) is 3. The first-order valence-corrected chi connectivity index (χ1v) is 9.83. The average molecular weight is 366 g/mol. The van der Waals surface area contributed by atoms with E-state index in [1.165, 1.54) is 17.5 Å². The van der Waals surface area contributed by atoms with Gasteiger partial charge in [-0.3, -0.25) is 0 Å².